The van der Waals surface area contributed by atoms with E-state index in [1.165, 1.54) is 6.42 Å². The molecule has 0 atom stereocenters. The predicted octanol–water partition coefficient (Wildman–Crippen LogP) is 1.06. The van der Waals surface area contributed by atoms with Crippen molar-refractivity contribution in [2.75, 3.05) is 31.1 Å². The van der Waals surface area contributed by atoms with Gasteiger partial charge in [0, 0.05) is 37.3 Å². The van der Waals surface area contributed by atoms with Crippen LogP contribution in [-0.4, -0.2) is 48.9 Å². The van der Waals surface area contributed by atoms with E-state index in [-0.39, 0.29) is 24.3 Å². The summed E-state index contributed by atoms with van der Waals surface area (Å²) in [6, 6.07) is 6.90. The van der Waals surface area contributed by atoms with E-state index >= 15 is 0 Å². The van der Waals surface area contributed by atoms with E-state index < -0.39 is 0 Å². The zero-order valence-corrected chi connectivity index (χ0v) is 14.3. The summed E-state index contributed by atoms with van der Waals surface area (Å²) in [5.74, 6) is -0.394. The lowest BCUT2D eigenvalue weighted by atomic mass is 10.2. The number of piperidine rings is 1. The number of carbonyl (C=O) groups excluding carboxylic acids is 3. The molecule has 3 rings (SSSR count). The summed E-state index contributed by atoms with van der Waals surface area (Å²) in [7, 11) is 0. The number of anilines is 1. The van der Waals surface area contributed by atoms with Gasteiger partial charge in [-0.2, -0.15) is 0 Å². The minimum Gasteiger partial charge on any atom is -0.343 e. The number of rotatable bonds is 5. The van der Waals surface area contributed by atoms with E-state index in [0.29, 0.717) is 12.0 Å². The normalized spacial score (nSPS) is 18.2. The van der Waals surface area contributed by atoms with Crippen molar-refractivity contribution in [2.45, 2.75) is 32.1 Å². The van der Waals surface area contributed by atoms with Crippen LogP contribution in [0.3, 0.4) is 0 Å². The molecular weight excluding hydrogens is 320 g/mol. The van der Waals surface area contributed by atoms with Gasteiger partial charge in [0.05, 0.1) is 6.54 Å². The third kappa shape index (κ3) is 4.57. The molecular formula is C18H24N4O3. The van der Waals surface area contributed by atoms with Gasteiger partial charge in [0.2, 0.25) is 5.91 Å². The minimum atomic E-state index is -0.298. The van der Waals surface area contributed by atoms with Crippen molar-refractivity contribution in [3.8, 4) is 0 Å². The second-order valence-electron chi connectivity index (χ2n) is 6.46. The molecule has 0 saturated carbocycles. The second kappa shape index (κ2) is 8.11. The molecule has 0 aromatic heterocycles. The number of hydrogen-bond donors (Lipinski definition) is 2. The molecule has 134 valence electrons. The van der Waals surface area contributed by atoms with Crippen molar-refractivity contribution in [1.82, 2.24) is 15.8 Å². The van der Waals surface area contributed by atoms with Crippen LogP contribution < -0.4 is 15.6 Å². The number of nitrogens with one attached hydrogen (secondary N) is 2. The summed E-state index contributed by atoms with van der Waals surface area (Å²) in [4.78, 5) is 37.5. The average molecular weight is 344 g/mol. The molecule has 0 spiro atoms. The van der Waals surface area contributed by atoms with Crippen molar-refractivity contribution in [3.05, 3.63) is 29.8 Å². The predicted molar refractivity (Wildman–Crippen MR) is 93.9 cm³/mol. The molecule has 7 nitrogen and oxygen atoms in total. The third-order valence-electron chi connectivity index (χ3n) is 4.56. The Morgan fingerprint density at radius 2 is 1.68 bits per heavy atom. The Hall–Kier alpha value is -2.41. The summed E-state index contributed by atoms with van der Waals surface area (Å²) in [5, 5.41) is 4.53. The molecule has 0 bridgehead atoms. The maximum atomic E-state index is 12.2. The number of benzene rings is 1. The van der Waals surface area contributed by atoms with Crippen LogP contribution in [-0.2, 0) is 9.59 Å². The van der Waals surface area contributed by atoms with Crippen LogP contribution in [0.25, 0.3) is 0 Å². The number of nitrogens with zero attached hydrogens (tertiary/aromatic N) is 2. The van der Waals surface area contributed by atoms with E-state index in [2.05, 4.69) is 10.7 Å². The van der Waals surface area contributed by atoms with E-state index in [1.54, 1.807) is 29.2 Å². The van der Waals surface area contributed by atoms with Gasteiger partial charge in [-0.1, -0.05) is 6.42 Å². The summed E-state index contributed by atoms with van der Waals surface area (Å²) in [6.45, 7) is 2.38. The van der Waals surface area contributed by atoms with Gasteiger partial charge in [0.25, 0.3) is 11.8 Å². The molecule has 2 aliphatic heterocycles. The highest BCUT2D eigenvalue weighted by Gasteiger charge is 2.21. The Kier molecular flexibility index (Phi) is 5.65. The van der Waals surface area contributed by atoms with Crippen LogP contribution >= 0.6 is 0 Å². The highest BCUT2D eigenvalue weighted by molar-refractivity contribution is 5.98. The molecule has 3 amide bonds. The van der Waals surface area contributed by atoms with E-state index in [0.717, 1.165) is 44.6 Å². The van der Waals surface area contributed by atoms with Crippen LogP contribution in [0, 0.1) is 0 Å². The summed E-state index contributed by atoms with van der Waals surface area (Å²) in [6.07, 6.45) is 4.81. The summed E-state index contributed by atoms with van der Waals surface area (Å²) >= 11 is 0. The van der Waals surface area contributed by atoms with Crippen molar-refractivity contribution in [1.29, 1.82) is 0 Å². The smallest absolute Gasteiger partial charge is 0.253 e. The fraction of sp³-hybridized carbons (Fsp3) is 0.500. The fourth-order valence-corrected chi connectivity index (χ4v) is 3.20. The standard InChI is InChI=1S/C18H24N4O3/c23-16(20-21-10-2-1-3-11-21)13-19-18(25)14-6-8-15(9-7-14)22-12-4-5-17(22)24/h6-9H,1-5,10-13H2,(H,19,25)(H,20,23). The molecule has 2 heterocycles. The van der Waals surface area contributed by atoms with Crippen molar-refractivity contribution in [2.24, 2.45) is 0 Å². The first-order valence-corrected chi connectivity index (χ1v) is 8.86. The monoisotopic (exact) mass is 344 g/mol. The highest BCUT2D eigenvalue weighted by Crippen LogP contribution is 2.21. The average Bonchev–Trinajstić information content (AvgIpc) is 3.07. The zero-order chi connectivity index (χ0) is 17.6. The van der Waals surface area contributed by atoms with Gasteiger partial charge < -0.3 is 10.2 Å². The lowest BCUT2D eigenvalue weighted by Gasteiger charge is -2.26. The van der Waals surface area contributed by atoms with Crippen LogP contribution in [0.15, 0.2) is 24.3 Å². The van der Waals surface area contributed by atoms with Crippen molar-refractivity contribution < 1.29 is 14.4 Å². The molecule has 0 unspecified atom stereocenters. The SMILES string of the molecule is O=C(CNC(=O)c1ccc(N2CCCC2=O)cc1)NN1CCCCC1. The molecule has 0 aliphatic carbocycles. The summed E-state index contributed by atoms with van der Waals surface area (Å²) in [5.41, 5.74) is 4.09. The maximum Gasteiger partial charge on any atom is 0.253 e. The van der Waals surface area contributed by atoms with Crippen molar-refractivity contribution >= 4 is 23.4 Å². The molecule has 25 heavy (non-hydrogen) atoms. The largest absolute Gasteiger partial charge is 0.343 e. The van der Waals surface area contributed by atoms with Gasteiger partial charge >= 0.3 is 0 Å². The first kappa shape index (κ1) is 17.4. The molecule has 2 N–H and O–H groups in total. The first-order valence-electron chi connectivity index (χ1n) is 8.86. The Balaban J connectivity index is 1.47. The molecule has 7 heteroatoms. The van der Waals surface area contributed by atoms with Gasteiger partial charge in [0.1, 0.15) is 0 Å². The minimum absolute atomic E-state index is 0.0539. The first-order chi connectivity index (χ1) is 12.1. The molecule has 2 fully saturated rings. The third-order valence-corrected chi connectivity index (χ3v) is 4.56. The molecule has 2 saturated heterocycles. The lowest BCUT2D eigenvalue weighted by molar-refractivity contribution is -0.125. The van der Waals surface area contributed by atoms with Crippen molar-refractivity contribution in [3.63, 3.8) is 0 Å². The Labute approximate surface area is 147 Å². The Bertz CT molecular complexity index is 638. The number of hydrazine groups is 1. The molecule has 1 aromatic carbocycles. The number of hydrogen-bond acceptors (Lipinski definition) is 4. The highest BCUT2D eigenvalue weighted by atomic mass is 16.2. The van der Waals surface area contributed by atoms with Gasteiger partial charge in [0.15, 0.2) is 0 Å². The van der Waals surface area contributed by atoms with E-state index in [4.69, 9.17) is 0 Å². The van der Waals surface area contributed by atoms with Crippen LogP contribution in [0.5, 0.6) is 0 Å². The molecule has 1 aromatic rings. The van der Waals surface area contributed by atoms with Crippen LogP contribution in [0.4, 0.5) is 5.69 Å². The number of carbonyl (C=O) groups is 3. The summed E-state index contributed by atoms with van der Waals surface area (Å²) < 4.78 is 0. The quantitative estimate of drug-likeness (QED) is 0.837. The zero-order valence-electron chi connectivity index (χ0n) is 14.3. The second-order valence-corrected chi connectivity index (χ2v) is 6.46. The topological polar surface area (TPSA) is 81.8 Å². The van der Waals surface area contributed by atoms with Gasteiger partial charge in [-0.15, -0.1) is 0 Å². The van der Waals surface area contributed by atoms with Gasteiger partial charge in [-0.3, -0.25) is 19.8 Å². The van der Waals surface area contributed by atoms with Gasteiger partial charge in [-0.25, -0.2) is 5.01 Å². The molecule has 2 aliphatic rings. The van der Waals surface area contributed by atoms with E-state index in [9.17, 15) is 14.4 Å². The lowest BCUT2D eigenvalue weighted by Crippen LogP contribution is -2.48. The maximum absolute atomic E-state index is 12.2. The Morgan fingerprint density at radius 1 is 0.960 bits per heavy atom. The van der Waals surface area contributed by atoms with Crippen LogP contribution in [0.1, 0.15) is 42.5 Å². The van der Waals surface area contributed by atoms with Crippen LogP contribution in [0.2, 0.25) is 0 Å². The molecule has 0 radical (unpaired) electrons. The number of amides is 3. The van der Waals surface area contributed by atoms with Gasteiger partial charge in [-0.05, 0) is 43.5 Å². The Morgan fingerprint density at radius 3 is 2.32 bits per heavy atom. The van der Waals surface area contributed by atoms with E-state index in [1.807, 2.05) is 5.01 Å². The fourth-order valence-electron chi connectivity index (χ4n) is 3.20.